The molecule has 0 bridgehead atoms. The van der Waals surface area contributed by atoms with E-state index in [1.807, 2.05) is 11.9 Å². The van der Waals surface area contributed by atoms with E-state index in [4.69, 9.17) is 5.73 Å². The summed E-state index contributed by atoms with van der Waals surface area (Å²) in [6.45, 7) is 5.20. The van der Waals surface area contributed by atoms with Gasteiger partial charge >= 0.3 is 0 Å². The Morgan fingerprint density at radius 1 is 1.43 bits per heavy atom. The van der Waals surface area contributed by atoms with Crippen LogP contribution in [0.15, 0.2) is 0 Å². The molecular formula is C9H22N2O2S. The van der Waals surface area contributed by atoms with Gasteiger partial charge in [0.05, 0.1) is 5.75 Å². The smallest absolute Gasteiger partial charge is 0.148 e. The normalized spacial score (nSPS) is 17.0. The van der Waals surface area contributed by atoms with Gasteiger partial charge in [-0.15, -0.1) is 0 Å². The molecule has 0 saturated heterocycles. The third-order valence-electron chi connectivity index (χ3n) is 2.92. The Bertz CT molecular complexity index is 258. The molecule has 0 saturated carbocycles. The molecule has 1 unspecified atom stereocenters. The van der Waals surface area contributed by atoms with Crippen LogP contribution in [-0.4, -0.2) is 51.0 Å². The monoisotopic (exact) mass is 222 g/mol. The molecule has 0 fully saturated rings. The first kappa shape index (κ1) is 13.9. The Balaban J connectivity index is 4.26. The zero-order valence-electron chi connectivity index (χ0n) is 9.58. The summed E-state index contributed by atoms with van der Waals surface area (Å²) in [7, 11) is -0.960. The van der Waals surface area contributed by atoms with Gasteiger partial charge in [-0.1, -0.05) is 6.92 Å². The highest BCUT2D eigenvalue weighted by Gasteiger charge is 2.25. The molecule has 5 heteroatoms. The highest BCUT2D eigenvalue weighted by Crippen LogP contribution is 2.15. The third-order valence-corrected chi connectivity index (χ3v) is 3.84. The van der Waals surface area contributed by atoms with Crippen LogP contribution in [0.1, 0.15) is 20.3 Å². The summed E-state index contributed by atoms with van der Waals surface area (Å²) < 4.78 is 22.0. The summed E-state index contributed by atoms with van der Waals surface area (Å²) >= 11 is 0. The first-order valence-electron chi connectivity index (χ1n) is 4.84. The zero-order valence-corrected chi connectivity index (χ0v) is 10.4. The topological polar surface area (TPSA) is 63.4 Å². The molecule has 14 heavy (non-hydrogen) atoms. The van der Waals surface area contributed by atoms with E-state index in [0.29, 0.717) is 13.1 Å². The number of sulfone groups is 1. The van der Waals surface area contributed by atoms with Gasteiger partial charge < -0.3 is 5.73 Å². The average molecular weight is 222 g/mol. The molecule has 0 aromatic rings. The van der Waals surface area contributed by atoms with Crippen molar-refractivity contribution in [3.05, 3.63) is 0 Å². The van der Waals surface area contributed by atoms with Crippen LogP contribution in [0.25, 0.3) is 0 Å². The largest absolute Gasteiger partial charge is 0.329 e. The minimum atomic E-state index is -2.88. The van der Waals surface area contributed by atoms with Gasteiger partial charge in [0.2, 0.25) is 0 Å². The van der Waals surface area contributed by atoms with E-state index in [0.717, 1.165) is 6.42 Å². The Hall–Kier alpha value is -0.130. The molecule has 0 heterocycles. The van der Waals surface area contributed by atoms with Crippen LogP contribution >= 0.6 is 0 Å². The van der Waals surface area contributed by atoms with E-state index in [2.05, 4.69) is 13.8 Å². The highest BCUT2D eigenvalue weighted by atomic mass is 32.2. The molecule has 0 aromatic carbocycles. The minimum Gasteiger partial charge on any atom is -0.329 e. The molecule has 0 rings (SSSR count). The molecule has 0 aliphatic carbocycles. The predicted molar refractivity (Wildman–Crippen MR) is 60.1 cm³/mol. The number of hydrogen-bond acceptors (Lipinski definition) is 4. The van der Waals surface area contributed by atoms with Crippen molar-refractivity contribution in [2.24, 2.45) is 5.73 Å². The SMILES string of the molecule is CCC(C)(CN)N(C)CCS(C)(=O)=O. The Labute approximate surface area is 87.4 Å². The van der Waals surface area contributed by atoms with Gasteiger partial charge in [0.25, 0.3) is 0 Å². The fraction of sp³-hybridized carbons (Fsp3) is 1.00. The van der Waals surface area contributed by atoms with Crippen LogP contribution in [-0.2, 0) is 9.84 Å². The van der Waals surface area contributed by atoms with E-state index >= 15 is 0 Å². The summed E-state index contributed by atoms with van der Waals surface area (Å²) in [4.78, 5) is 2.02. The van der Waals surface area contributed by atoms with Gasteiger partial charge in [0.1, 0.15) is 9.84 Å². The molecular weight excluding hydrogens is 200 g/mol. The van der Waals surface area contributed by atoms with E-state index in [-0.39, 0.29) is 11.3 Å². The second kappa shape index (κ2) is 5.09. The van der Waals surface area contributed by atoms with E-state index in [1.165, 1.54) is 6.26 Å². The van der Waals surface area contributed by atoms with Gasteiger partial charge in [0, 0.05) is 24.9 Å². The fourth-order valence-corrected chi connectivity index (χ4v) is 1.75. The van der Waals surface area contributed by atoms with E-state index in [9.17, 15) is 8.42 Å². The van der Waals surface area contributed by atoms with Crippen LogP contribution in [0, 0.1) is 0 Å². The lowest BCUT2D eigenvalue weighted by Crippen LogP contribution is -2.50. The molecule has 0 amide bonds. The zero-order chi connectivity index (χ0) is 11.4. The van der Waals surface area contributed by atoms with E-state index < -0.39 is 9.84 Å². The van der Waals surface area contributed by atoms with Crippen molar-refractivity contribution in [3.63, 3.8) is 0 Å². The summed E-state index contributed by atoms with van der Waals surface area (Å²) in [6, 6.07) is 0. The van der Waals surface area contributed by atoms with Crippen molar-refractivity contribution in [1.29, 1.82) is 0 Å². The molecule has 0 radical (unpaired) electrons. The molecule has 0 aliphatic heterocycles. The molecule has 0 aliphatic rings. The Morgan fingerprint density at radius 2 is 1.93 bits per heavy atom. The lowest BCUT2D eigenvalue weighted by atomic mass is 9.97. The summed E-state index contributed by atoms with van der Waals surface area (Å²) in [6.07, 6.45) is 2.18. The van der Waals surface area contributed by atoms with Crippen LogP contribution < -0.4 is 5.73 Å². The van der Waals surface area contributed by atoms with Crippen molar-refractivity contribution in [3.8, 4) is 0 Å². The number of likely N-dealkylation sites (N-methyl/N-ethyl adjacent to an activating group) is 1. The maximum atomic E-state index is 11.0. The first-order chi connectivity index (χ1) is 6.25. The van der Waals surface area contributed by atoms with Gasteiger partial charge in [-0.05, 0) is 20.4 Å². The fourth-order valence-electron chi connectivity index (χ4n) is 1.14. The number of hydrogen-bond donors (Lipinski definition) is 1. The van der Waals surface area contributed by atoms with Gasteiger partial charge in [-0.2, -0.15) is 0 Å². The number of nitrogens with two attached hydrogens (primary N) is 1. The maximum absolute atomic E-state index is 11.0. The molecule has 1 atom stereocenters. The third kappa shape index (κ3) is 4.39. The van der Waals surface area contributed by atoms with Crippen LogP contribution in [0.4, 0.5) is 0 Å². The summed E-state index contributed by atoms with van der Waals surface area (Å²) in [5, 5.41) is 0. The average Bonchev–Trinajstić information content (AvgIpc) is 2.11. The van der Waals surface area contributed by atoms with Crippen LogP contribution in [0.2, 0.25) is 0 Å². The van der Waals surface area contributed by atoms with Crippen molar-refractivity contribution in [2.75, 3.05) is 32.1 Å². The summed E-state index contributed by atoms with van der Waals surface area (Å²) in [5.74, 6) is 0.194. The van der Waals surface area contributed by atoms with Crippen molar-refractivity contribution < 1.29 is 8.42 Å². The van der Waals surface area contributed by atoms with Gasteiger partial charge in [-0.25, -0.2) is 8.42 Å². The summed E-state index contributed by atoms with van der Waals surface area (Å²) in [5.41, 5.74) is 5.57. The minimum absolute atomic E-state index is 0.0926. The number of nitrogens with zero attached hydrogens (tertiary/aromatic N) is 1. The van der Waals surface area contributed by atoms with Crippen LogP contribution in [0.3, 0.4) is 0 Å². The molecule has 86 valence electrons. The van der Waals surface area contributed by atoms with Gasteiger partial charge in [0.15, 0.2) is 0 Å². The second-order valence-corrected chi connectivity index (χ2v) is 6.37. The number of rotatable bonds is 6. The lowest BCUT2D eigenvalue weighted by Gasteiger charge is -2.37. The van der Waals surface area contributed by atoms with Crippen LogP contribution in [0.5, 0.6) is 0 Å². The lowest BCUT2D eigenvalue weighted by molar-refractivity contribution is 0.148. The Morgan fingerprint density at radius 3 is 2.21 bits per heavy atom. The first-order valence-corrected chi connectivity index (χ1v) is 6.90. The maximum Gasteiger partial charge on any atom is 0.148 e. The standard InChI is InChI=1S/C9H22N2O2S/c1-5-9(2,8-10)11(3)6-7-14(4,12)13/h5-8,10H2,1-4H3. The molecule has 2 N–H and O–H groups in total. The predicted octanol–water partition coefficient (Wildman–Crippen LogP) is 0.0902. The molecule has 0 aromatic heterocycles. The van der Waals surface area contributed by atoms with Crippen molar-refractivity contribution in [2.45, 2.75) is 25.8 Å². The quantitative estimate of drug-likeness (QED) is 0.692. The molecule has 4 nitrogen and oxygen atoms in total. The second-order valence-electron chi connectivity index (χ2n) is 4.11. The van der Waals surface area contributed by atoms with E-state index in [1.54, 1.807) is 0 Å². The van der Waals surface area contributed by atoms with Crippen molar-refractivity contribution in [1.82, 2.24) is 4.90 Å². The van der Waals surface area contributed by atoms with Gasteiger partial charge in [-0.3, -0.25) is 4.90 Å². The highest BCUT2D eigenvalue weighted by molar-refractivity contribution is 7.90. The molecule has 0 spiro atoms. The van der Waals surface area contributed by atoms with Crippen molar-refractivity contribution >= 4 is 9.84 Å². The Kier molecular flexibility index (Phi) is 5.05.